The molecule has 0 bridgehead atoms. The van der Waals surface area contributed by atoms with Gasteiger partial charge < -0.3 is 9.84 Å². The van der Waals surface area contributed by atoms with E-state index in [1.807, 2.05) is 0 Å². The second-order valence-electron chi connectivity index (χ2n) is 3.64. The van der Waals surface area contributed by atoms with Gasteiger partial charge >= 0.3 is 0 Å². The van der Waals surface area contributed by atoms with Crippen molar-refractivity contribution in [3.05, 3.63) is 24.3 Å². The highest BCUT2D eigenvalue weighted by atomic mass is 16.6. The Morgan fingerprint density at radius 3 is 2.50 bits per heavy atom. The van der Waals surface area contributed by atoms with Gasteiger partial charge in [-0.3, -0.25) is 0 Å². The number of aliphatic hydroxyl groups excluding tert-OH is 1. The molecule has 1 aliphatic rings. The normalized spacial score (nSPS) is 33.5. The smallest absolute Gasteiger partial charge is 0.161 e. The zero-order chi connectivity index (χ0) is 10.4. The topological polar surface area (TPSA) is 29.5 Å². The summed E-state index contributed by atoms with van der Waals surface area (Å²) in [6.45, 7) is 4.84. The first-order chi connectivity index (χ1) is 6.79. The summed E-state index contributed by atoms with van der Waals surface area (Å²) in [5, 5.41) is 9.58. The van der Waals surface area contributed by atoms with Crippen molar-refractivity contribution in [1.82, 2.24) is 0 Å². The lowest BCUT2D eigenvalue weighted by Crippen LogP contribution is -2.16. The number of hydrogen-bond donors (Lipinski definition) is 1. The van der Waals surface area contributed by atoms with E-state index < -0.39 is 6.29 Å². The maximum Gasteiger partial charge on any atom is 0.161 e. The molecule has 1 saturated heterocycles. The van der Waals surface area contributed by atoms with E-state index in [2.05, 4.69) is 38.2 Å². The minimum atomic E-state index is -0.621. The Kier molecular flexibility index (Phi) is 4.91. The summed E-state index contributed by atoms with van der Waals surface area (Å²) in [7, 11) is 0. The van der Waals surface area contributed by atoms with Crippen LogP contribution in [0.2, 0.25) is 0 Å². The second-order valence-corrected chi connectivity index (χ2v) is 3.64. The van der Waals surface area contributed by atoms with Gasteiger partial charge in [0.15, 0.2) is 6.29 Å². The van der Waals surface area contributed by atoms with E-state index in [0.29, 0.717) is 12.5 Å². The highest BCUT2D eigenvalue weighted by molar-refractivity contribution is 5.03. The first-order valence-electron chi connectivity index (χ1n) is 5.42. The molecule has 0 aromatic heterocycles. The van der Waals surface area contributed by atoms with Crippen LogP contribution in [-0.4, -0.2) is 18.0 Å². The largest absolute Gasteiger partial charge is 0.367 e. The van der Waals surface area contributed by atoms with E-state index in [1.54, 1.807) is 0 Å². The Morgan fingerprint density at radius 2 is 1.86 bits per heavy atom. The summed E-state index contributed by atoms with van der Waals surface area (Å²) in [5.74, 6) is 0.477. The molecular weight excluding hydrogens is 176 g/mol. The van der Waals surface area contributed by atoms with Crippen LogP contribution in [0, 0.1) is 11.8 Å². The van der Waals surface area contributed by atoms with Crippen molar-refractivity contribution in [2.45, 2.75) is 33.0 Å². The Balaban J connectivity index is 2.57. The van der Waals surface area contributed by atoms with Crippen LogP contribution in [0.1, 0.15) is 26.7 Å². The van der Waals surface area contributed by atoms with E-state index in [-0.39, 0.29) is 5.92 Å². The number of allylic oxidation sites excluding steroid dienone is 2. The quantitative estimate of drug-likeness (QED) is 0.700. The molecule has 1 N–H and O–H groups in total. The molecular formula is C12H20O2. The summed E-state index contributed by atoms with van der Waals surface area (Å²) >= 11 is 0. The summed E-state index contributed by atoms with van der Waals surface area (Å²) in [4.78, 5) is 0. The summed E-state index contributed by atoms with van der Waals surface area (Å²) in [5.41, 5.74) is 0. The van der Waals surface area contributed by atoms with Crippen molar-refractivity contribution < 1.29 is 9.84 Å². The highest BCUT2D eigenvalue weighted by Crippen LogP contribution is 2.28. The number of rotatable bonds is 4. The molecule has 1 fully saturated rings. The van der Waals surface area contributed by atoms with Crippen LogP contribution in [0.3, 0.4) is 0 Å². The van der Waals surface area contributed by atoms with Gasteiger partial charge in [0.05, 0.1) is 6.61 Å². The van der Waals surface area contributed by atoms with Crippen molar-refractivity contribution in [2.75, 3.05) is 6.61 Å². The van der Waals surface area contributed by atoms with Crippen molar-refractivity contribution >= 4 is 0 Å². The first-order valence-corrected chi connectivity index (χ1v) is 5.42. The van der Waals surface area contributed by atoms with Crippen LogP contribution in [0.25, 0.3) is 0 Å². The minimum absolute atomic E-state index is 0.137. The van der Waals surface area contributed by atoms with E-state index in [4.69, 9.17) is 4.74 Å². The predicted octanol–water partition coefficient (Wildman–Crippen LogP) is 2.50. The highest BCUT2D eigenvalue weighted by Gasteiger charge is 2.32. The summed E-state index contributed by atoms with van der Waals surface area (Å²) in [6, 6.07) is 0. The van der Waals surface area contributed by atoms with Crippen molar-refractivity contribution in [3.63, 3.8) is 0 Å². The Hall–Kier alpha value is -0.600. The molecule has 80 valence electrons. The first kappa shape index (κ1) is 11.5. The number of ether oxygens (including phenoxy) is 1. The summed E-state index contributed by atoms with van der Waals surface area (Å²) < 4.78 is 5.23. The van der Waals surface area contributed by atoms with Crippen LogP contribution in [-0.2, 0) is 4.74 Å². The molecule has 1 heterocycles. The molecule has 3 atom stereocenters. The van der Waals surface area contributed by atoms with Crippen LogP contribution >= 0.6 is 0 Å². The van der Waals surface area contributed by atoms with E-state index >= 15 is 0 Å². The lowest BCUT2D eigenvalue weighted by atomic mass is 9.93. The average Bonchev–Trinajstić information content (AvgIpc) is 2.53. The van der Waals surface area contributed by atoms with Crippen LogP contribution in [0.5, 0.6) is 0 Å². The third-order valence-corrected chi connectivity index (χ3v) is 2.50. The molecule has 0 amide bonds. The van der Waals surface area contributed by atoms with Crippen molar-refractivity contribution in [2.24, 2.45) is 11.8 Å². The Morgan fingerprint density at radius 1 is 1.21 bits per heavy atom. The molecule has 2 nitrogen and oxygen atoms in total. The Bertz CT molecular complexity index is 208. The van der Waals surface area contributed by atoms with E-state index in [0.717, 1.165) is 12.8 Å². The molecule has 0 radical (unpaired) electrons. The third kappa shape index (κ3) is 2.96. The van der Waals surface area contributed by atoms with Crippen molar-refractivity contribution in [1.29, 1.82) is 0 Å². The van der Waals surface area contributed by atoms with Gasteiger partial charge in [0.25, 0.3) is 0 Å². The predicted molar refractivity (Wildman–Crippen MR) is 57.8 cm³/mol. The molecule has 0 spiro atoms. The number of hydrogen-bond acceptors (Lipinski definition) is 2. The van der Waals surface area contributed by atoms with Gasteiger partial charge in [-0.1, -0.05) is 38.2 Å². The van der Waals surface area contributed by atoms with E-state index in [9.17, 15) is 5.11 Å². The molecule has 0 aliphatic carbocycles. The zero-order valence-corrected chi connectivity index (χ0v) is 9.02. The van der Waals surface area contributed by atoms with Gasteiger partial charge in [-0.2, -0.15) is 0 Å². The third-order valence-electron chi connectivity index (χ3n) is 2.50. The molecule has 0 saturated carbocycles. The molecule has 1 aliphatic heterocycles. The fourth-order valence-electron chi connectivity index (χ4n) is 1.67. The maximum absolute atomic E-state index is 9.58. The zero-order valence-electron chi connectivity index (χ0n) is 9.02. The fraction of sp³-hybridized carbons (Fsp3) is 0.667. The lowest BCUT2D eigenvalue weighted by Gasteiger charge is -2.12. The SMILES string of the molecule is CC/C=C/C1COC(O)C1/C=C/CC. The van der Waals surface area contributed by atoms with Crippen LogP contribution in [0.15, 0.2) is 24.3 Å². The van der Waals surface area contributed by atoms with Crippen LogP contribution < -0.4 is 0 Å². The monoisotopic (exact) mass is 196 g/mol. The average molecular weight is 196 g/mol. The maximum atomic E-state index is 9.58. The van der Waals surface area contributed by atoms with Gasteiger partial charge in [0, 0.05) is 11.8 Å². The van der Waals surface area contributed by atoms with Gasteiger partial charge in [0.2, 0.25) is 0 Å². The number of aliphatic hydroxyl groups is 1. The van der Waals surface area contributed by atoms with Gasteiger partial charge in [-0.25, -0.2) is 0 Å². The molecule has 0 aromatic carbocycles. The van der Waals surface area contributed by atoms with Crippen molar-refractivity contribution in [3.8, 4) is 0 Å². The fourth-order valence-corrected chi connectivity index (χ4v) is 1.67. The lowest BCUT2D eigenvalue weighted by molar-refractivity contribution is -0.0735. The van der Waals surface area contributed by atoms with Gasteiger partial charge in [-0.05, 0) is 12.8 Å². The van der Waals surface area contributed by atoms with E-state index in [1.165, 1.54) is 0 Å². The van der Waals surface area contributed by atoms with Gasteiger partial charge in [0.1, 0.15) is 0 Å². The second kappa shape index (κ2) is 5.99. The Labute approximate surface area is 86.3 Å². The van der Waals surface area contributed by atoms with Crippen LogP contribution in [0.4, 0.5) is 0 Å². The molecule has 3 unspecified atom stereocenters. The molecule has 1 rings (SSSR count). The minimum Gasteiger partial charge on any atom is -0.367 e. The molecule has 2 heteroatoms. The van der Waals surface area contributed by atoms with Gasteiger partial charge in [-0.15, -0.1) is 0 Å². The standard InChI is InChI=1S/C12H20O2/c1-3-5-7-10-9-14-12(13)11(10)8-6-4-2/h5-8,10-13H,3-4,9H2,1-2H3/b7-5+,8-6+. The summed E-state index contributed by atoms with van der Waals surface area (Å²) in [6.07, 6.45) is 9.88. The molecule has 14 heavy (non-hydrogen) atoms. The molecule has 0 aromatic rings.